The maximum absolute atomic E-state index is 13.6. The first-order valence-electron chi connectivity index (χ1n) is 6.73. The smallest absolute Gasteiger partial charge is 0.261 e. The second kappa shape index (κ2) is 5.59. The molecular weight excluding hydrogens is 367 g/mol. The van der Waals surface area contributed by atoms with Crippen molar-refractivity contribution >= 4 is 39.2 Å². The van der Waals surface area contributed by atoms with E-state index in [0.717, 1.165) is 12.0 Å². The highest BCUT2D eigenvalue weighted by Crippen LogP contribution is 2.42. The van der Waals surface area contributed by atoms with E-state index in [0.29, 0.717) is 15.1 Å². The number of benzene rings is 1. The van der Waals surface area contributed by atoms with Crippen molar-refractivity contribution in [2.24, 2.45) is 0 Å². The van der Waals surface area contributed by atoms with E-state index in [9.17, 15) is 9.18 Å². The zero-order valence-electron chi connectivity index (χ0n) is 11.8. The zero-order valence-corrected chi connectivity index (χ0v) is 14.2. The van der Waals surface area contributed by atoms with Crippen molar-refractivity contribution in [2.75, 3.05) is 7.05 Å². The Morgan fingerprint density at radius 2 is 2.23 bits per heavy atom. The molecule has 1 aromatic rings. The van der Waals surface area contributed by atoms with E-state index in [1.54, 1.807) is 24.1 Å². The molecule has 1 unspecified atom stereocenters. The molecule has 1 aromatic carbocycles. The van der Waals surface area contributed by atoms with Crippen molar-refractivity contribution in [1.29, 1.82) is 0 Å². The van der Waals surface area contributed by atoms with Crippen LogP contribution < -0.4 is 5.32 Å². The molecule has 1 atom stereocenters. The summed E-state index contributed by atoms with van der Waals surface area (Å²) >= 11 is 8.44. The Labute approximate surface area is 142 Å². The van der Waals surface area contributed by atoms with Crippen LogP contribution in [-0.2, 0) is 10.3 Å². The van der Waals surface area contributed by atoms with E-state index in [1.807, 2.05) is 24.6 Å². The van der Waals surface area contributed by atoms with Crippen LogP contribution in [0.3, 0.4) is 0 Å². The van der Waals surface area contributed by atoms with E-state index >= 15 is 0 Å². The van der Waals surface area contributed by atoms with Crippen LogP contribution in [0.5, 0.6) is 0 Å². The van der Waals surface area contributed by atoms with E-state index in [2.05, 4.69) is 21.2 Å². The fourth-order valence-electron chi connectivity index (χ4n) is 2.88. The van der Waals surface area contributed by atoms with Gasteiger partial charge in [-0.3, -0.25) is 4.79 Å². The topological polar surface area (TPSA) is 32.3 Å². The number of carbonyl (C=O) groups is 1. The first kappa shape index (κ1) is 15.4. The SMILES string of the molecule is CN1C(=S)NC(=O)C1(C1=C[CH]CC=C1)c1ccc(F)c(Br)c1. The maximum atomic E-state index is 13.6. The van der Waals surface area contributed by atoms with Crippen molar-refractivity contribution in [3.05, 3.63) is 64.3 Å². The molecule has 0 bridgehead atoms. The summed E-state index contributed by atoms with van der Waals surface area (Å²) in [7, 11) is 1.76. The summed E-state index contributed by atoms with van der Waals surface area (Å²) in [6, 6.07) is 4.59. The highest BCUT2D eigenvalue weighted by Gasteiger charge is 2.53. The third-order valence-electron chi connectivity index (χ3n) is 3.98. The number of hydrogen-bond acceptors (Lipinski definition) is 2. The van der Waals surface area contributed by atoms with Gasteiger partial charge in [0.05, 0.1) is 4.47 Å². The Morgan fingerprint density at radius 3 is 2.77 bits per heavy atom. The minimum absolute atomic E-state index is 0.232. The largest absolute Gasteiger partial charge is 0.330 e. The number of nitrogens with zero attached hydrogens (tertiary/aromatic N) is 1. The number of hydrogen-bond donors (Lipinski definition) is 1. The van der Waals surface area contributed by atoms with Crippen molar-refractivity contribution in [2.45, 2.75) is 12.0 Å². The van der Waals surface area contributed by atoms with Gasteiger partial charge in [-0.05, 0) is 64.3 Å². The van der Waals surface area contributed by atoms with Crippen LogP contribution in [0.25, 0.3) is 0 Å². The molecule has 1 heterocycles. The number of amides is 1. The Bertz CT molecular complexity index is 731. The lowest BCUT2D eigenvalue weighted by Gasteiger charge is -2.36. The molecule has 1 saturated heterocycles. The average molecular weight is 380 g/mol. The second-order valence-corrected chi connectivity index (χ2v) is 6.39. The van der Waals surface area contributed by atoms with Gasteiger partial charge in [0, 0.05) is 7.05 Å². The predicted octanol–water partition coefficient (Wildman–Crippen LogP) is 3.22. The van der Waals surface area contributed by atoms with Crippen LogP contribution in [0, 0.1) is 12.2 Å². The summed E-state index contributed by atoms with van der Waals surface area (Å²) in [4.78, 5) is 14.5. The lowest BCUT2D eigenvalue weighted by atomic mass is 9.79. The molecule has 1 radical (unpaired) electrons. The number of likely N-dealkylation sites (N-methyl/N-ethyl adjacent to an activating group) is 1. The molecule has 1 aliphatic carbocycles. The molecule has 0 aromatic heterocycles. The maximum Gasteiger partial charge on any atom is 0.261 e. The lowest BCUT2D eigenvalue weighted by Crippen LogP contribution is -2.46. The fourth-order valence-corrected chi connectivity index (χ4v) is 3.49. The summed E-state index contributed by atoms with van der Waals surface area (Å²) in [6.07, 6.45) is 8.63. The van der Waals surface area contributed by atoms with Crippen LogP contribution in [0.2, 0.25) is 0 Å². The summed E-state index contributed by atoms with van der Waals surface area (Å²) in [5.41, 5.74) is 0.379. The molecule has 1 fully saturated rings. The Balaban J connectivity index is 2.25. The minimum atomic E-state index is -1.08. The van der Waals surface area contributed by atoms with Gasteiger partial charge in [-0.15, -0.1) is 0 Å². The van der Waals surface area contributed by atoms with Crippen molar-refractivity contribution in [3.63, 3.8) is 0 Å². The summed E-state index contributed by atoms with van der Waals surface area (Å²) in [6.45, 7) is 0. The Kier molecular flexibility index (Phi) is 3.91. The number of thiocarbonyl (C=S) groups is 1. The molecule has 0 spiro atoms. The third kappa shape index (κ3) is 2.13. The number of carbonyl (C=O) groups excluding carboxylic acids is 1. The van der Waals surface area contributed by atoms with Crippen LogP contribution in [0.15, 0.2) is 46.5 Å². The standard InChI is InChI=1S/C16H13BrFN2OS/c1-20-15(22)19-14(21)16(20,10-5-3-2-4-6-10)11-7-8-13(18)12(17)9-11/h3-9H,2H2,1H3,(H,19,21,22). The average Bonchev–Trinajstić information content (AvgIpc) is 2.74. The zero-order chi connectivity index (χ0) is 15.9. The van der Waals surface area contributed by atoms with Crippen molar-refractivity contribution in [3.8, 4) is 0 Å². The first-order chi connectivity index (χ1) is 10.5. The summed E-state index contributed by atoms with van der Waals surface area (Å²) in [5, 5.41) is 3.06. The van der Waals surface area contributed by atoms with E-state index in [-0.39, 0.29) is 11.7 Å². The monoisotopic (exact) mass is 379 g/mol. The van der Waals surface area contributed by atoms with E-state index in [4.69, 9.17) is 12.2 Å². The van der Waals surface area contributed by atoms with Gasteiger partial charge in [-0.2, -0.15) is 0 Å². The predicted molar refractivity (Wildman–Crippen MR) is 90.4 cm³/mol. The van der Waals surface area contributed by atoms with Gasteiger partial charge in [-0.25, -0.2) is 4.39 Å². The van der Waals surface area contributed by atoms with Crippen LogP contribution >= 0.6 is 28.1 Å². The Morgan fingerprint density at radius 1 is 1.45 bits per heavy atom. The quantitative estimate of drug-likeness (QED) is 0.800. The minimum Gasteiger partial charge on any atom is -0.330 e. The molecule has 113 valence electrons. The van der Waals surface area contributed by atoms with Gasteiger partial charge < -0.3 is 10.2 Å². The summed E-state index contributed by atoms with van der Waals surface area (Å²) in [5.74, 6) is -0.605. The van der Waals surface area contributed by atoms with Gasteiger partial charge in [0.25, 0.3) is 5.91 Å². The second-order valence-electron chi connectivity index (χ2n) is 5.15. The van der Waals surface area contributed by atoms with Gasteiger partial charge in [0.2, 0.25) is 0 Å². The normalized spacial score (nSPS) is 24.5. The molecule has 1 aliphatic heterocycles. The van der Waals surface area contributed by atoms with Gasteiger partial charge in [-0.1, -0.05) is 24.3 Å². The highest BCUT2D eigenvalue weighted by molar-refractivity contribution is 9.10. The van der Waals surface area contributed by atoms with E-state index in [1.165, 1.54) is 6.07 Å². The van der Waals surface area contributed by atoms with Crippen molar-refractivity contribution < 1.29 is 9.18 Å². The number of rotatable bonds is 2. The molecule has 22 heavy (non-hydrogen) atoms. The molecule has 6 heteroatoms. The number of nitrogens with one attached hydrogen (secondary N) is 1. The number of allylic oxidation sites excluding steroid dienone is 2. The van der Waals surface area contributed by atoms with Gasteiger partial charge >= 0.3 is 0 Å². The summed E-state index contributed by atoms with van der Waals surface area (Å²) < 4.78 is 13.9. The molecule has 1 N–H and O–H groups in total. The highest BCUT2D eigenvalue weighted by atomic mass is 79.9. The Hall–Kier alpha value is -1.53. The number of halogens is 2. The van der Waals surface area contributed by atoms with Crippen molar-refractivity contribution in [1.82, 2.24) is 10.2 Å². The lowest BCUT2D eigenvalue weighted by molar-refractivity contribution is -0.124. The third-order valence-corrected chi connectivity index (χ3v) is 4.96. The van der Waals surface area contributed by atoms with Crippen LogP contribution in [0.1, 0.15) is 12.0 Å². The van der Waals surface area contributed by atoms with Gasteiger partial charge in [0.15, 0.2) is 10.7 Å². The molecular formula is C16H13BrFN2OS. The van der Waals surface area contributed by atoms with Crippen LogP contribution in [0.4, 0.5) is 4.39 Å². The van der Waals surface area contributed by atoms with Crippen LogP contribution in [-0.4, -0.2) is 23.0 Å². The first-order valence-corrected chi connectivity index (χ1v) is 7.93. The molecule has 0 saturated carbocycles. The molecule has 1 amide bonds. The molecule has 2 aliphatic rings. The molecule has 3 nitrogen and oxygen atoms in total. The molecule has 3 rings (SSSR count). The fraction of sp³-hybridized carbons (Fsp3) is 0.188. The van der Waals surface area contributed by atoms with Gasteiger partial charge in [0.1, 0.15) is 5.82 Å². The van der Waals surface area contributed by atoms with E-state index < -0.39 is 5.54 Å².